The Labute approximate surface area is 116 Å². The van der Waals surface area contributed by atoms with Crippen LogP contribution < -0.4 is 5.32 Å². The Kier molecular flexibility index (Phi) is 4.80. The molecule has 0 amide bonds. The summed E-state index contributed by atoms with van der Waals surface area (Å²) in [5, 5.41) is 5.11. The van der Waals surface area contributed by atoms with Crippen LogP contribution in [0.1, 0.15) is 19.8 Å². The average molecular weight is 285 g/mol. The van der Waals surface area contributed by atoms with E-state index in [-0.39, 0.29) is 0 Å². The molecule has 3 nitrogen and oxygen atoms in total. The number of hydrogen-bond donors (Lipinski definition) is 1. The Morgan fingerprint density at radius 3 is 3.06 bits per heavy atom. The standard InChI is InChI=1S/C13H17ClN2OS/c1-3-4-10(8-17-2)15-13-16-11-6-5-9(14)7-12(11)18-13/h5-7,10H,3-4,8H2,1-2H3,(H,15,16). The third-order valence-corrected chi connectivity index (χ3v) is 3.87. The van der Waals surface area contributed by atoms with Crippen LogP contribution in [0.5, 0.6) is 0 Å². The molecule has 0 bridgehead atoms. The largest absolute Gasteiger partial charge is 0.383 e. The lowest BCUT2D eigenvalue weighted by molar-refractivity contribution is 0.182. The lowest BCUT2D eigenvalue weighted by atomic mass is 10.2. The van der Waals surface area contributed by atoms with Gasteiger partial charge in [-0.15, -0.1) is 0 Å². The molecule has 1 aromatic heterocycles. The van der Waals surface area contributed by atoms with E-state index in [1.807, 2.05) is 18.2 Å². The molecule has 2 rings (SSSR count). The van der Waals surface area contributed by atoms with Crippen LogP contribution in [-0.2, 0) is 4.74 Å². The highest BCUT2D eigenvalue weighted by Crippen LogP contribution is 2.28. The third kappa shape index (κ3) is 3.34. The van der Waals surface area contributed by atoms with E-state index >= 15 is 0 Å². The third-order valence-electron chi connectivity index (χ3n) is 2.68. The molecule has 0 aliphatic carbocycles. The van der Waals surface area contributed by atoms with Gasteiger partial charge in [0.05, 0.1) is 22.9 Å². The maximum absolute atomic E-state index is 5.97. The molecule has 18 heavy (non-hydrogen) atoms. The summed E-state index contributed by atoms with van der Waals surface area (Å²) in [6, 6.07) is 6.08. The van der Waals surface area contributed by atoms with Gasteiger partial charge in [-0.25, -0.2) is 4.98 Å². The van der Waals surface area contributed by atoms with Crippen molar-refractivity contribution in [2.24, 2.45) is 0 Å². The van der Waals surface area contributed by atoms with Crippen molar-refractivity contribution in [3.8, 4) is 0 Å². The van der Waals surface area contributed by atoms with E-state index < -0.39 is 0 Å². The minimum atomic E-state index is 0.316. The van der Waals surface area contributed by atoms with Crippen LogP contribution in [0.2, 0.25) is 5.02 Å². The van der Waals surface area contributed by atoms with Gasteiger partial charge in [0.25, 0.3) is 0 Å². The molecule has 0 aliphatic heterocycles. The number of anilines is 1. The number of halogens is 1. The number of benzene rings is 1. The van der Waals surface area contributed by atoms with Gasteiger partial charge in [0, 0.05) is 12.1 Å². The zero-order valence-electron chi connectivity index (χ0n) is 10.6. The zero-order chi connectivity index (χ0) is 13.0. The fourth-order valence-electron chi connectivity index (χ4n) is 1.88. The fraction of sp³-hybridized carbons (Fsp3) is 0.462. The van der Waals surface area contributed by atoms with Gasteiger partial charge < -0.3 is 10.1 Å². The predicted molar refractivity (Wildman–Crippen MR) is 78.8 cm³/mol. The molecule has 1 unspecified atom stereocenters. The first-order chi connectivity index (χ1) is 8.72. The van der Waals surface area contributed by atoms with Gasteiger partial charge in [-0.3, -0.25) is 0 Å². The summed E-state index contributed by atoms with van der Waals surface area (Å²) in [4.78, 5) is 4.55. The van der Waals surface area contributed by atoms with Crippen molar-refractivity contribution in [3.05, 3.63) is 23.2 Å². The summed E-state index contributed by atoms with van der Waals surface area (Å²) in [5.41, 5.74) is 0.986. The van der Waals surface area contributed by atoms with Crippen LogP contribution >= 0.6 is 22.9 Å². The molecule has 0 fully saturated rings. The second-order valence-electron chi connectivity index (χ2n) is 4.22. The molecule has 0 aliphatic rings. The molecule has 1 heterocycles. The lowest BCUT2D eigenvalue weighted by Gasteiger charge is -2.15. The van der Waals surface area contributed by atoms with Crippen LogP contribution in [0.15, 0.2) is 18.2 Å². The lowest BCUT2D eigenvalue weighted by Crippen LogP contribution is -2.24. The normalized spacial score (nSPS) is 12.8. The summed E-state index contributed by atoms with van der Waals surface area (Å²) in [6.07, 6.45) is 2.20. The highest BCUT2D eigenvalue weighted by atomic mass is 35.5. The summed E-state index contributed by atoms with van der Waals surface area (Å²) in [6.45, 7) is 2.87. The highest BCUT2D eigenvalue weighted by molar-refractivity contribution is 7.22. The van der Waals surface area contributed by atoms with Crippen molar-refractivity contribution in [2.75, 3.05) is 19.0 Å². The van der Waals surface area contributed by atoms with E-state index in [0.29, 0.717) is 12.6 Å². The molecule has 2 aromatic rings. The number of hydrogen-bond acceptors (Lipinski definition) is 4. The Hall–Kier alpha value is -0.840. The van der Waals surface area contributed by atoms with Crippen LogP contribution in [0.4, 0.5) is 5.13 Å². The van der Waals surface area contributed by atoms with E-state index in [9.17, 15) is 0 Å². The Morgan fingerprint density at radius 1 is 1.50 bits per heavy atom. The van der Waals surface area contributed by atoms with Crippen molar-refractivity contribution < 1.29 is 4.74 Å². The molecular formula is C13H17ClN2OS. The maximum Gasteiger partial charge on any atom is 0.184 e. The van der Waals surface area contributed by atoms with E-state index in [2.05, 4.69) is 17.2 Å². The molecular weight excluding hydrogens is 268 g/mol. The average Bonchev–Trinajstić information content (AvgIpc) is 2.71. The molecule has 98 valence electrons. The second kappa shape index (κ2) is 6.36. The zero-order valence-corrected chi connectivity index (χ0v) is 12.1. The van der Waals surface area contributed by atoms with Crippen LogP contribution in [0.3, 0.4) is 0 Å². The molecule has 0 radical (unpaired) electrons. The first-order valence-corrected chi connectivity index (χ1v) is 7.24. The molecule has 0 spiro atoms. The minimum Gasteiger partial charge on any atom is -0.383 e. The first-order valence-electron chi connectivity index (χ1n) is 6.04. The van der Waals surface area contributed by atoms with Gasteiger partial charge in [0.1, 0.15) is 0 Å². The van der Waals surface area contributed by atoms with Gasteiger partial charge in [0.2, 0.25) is 0 Å². The summed E-state index contributed by atoms with van der Waals surface area (Å²) >= 11 is 7.60. The quantitative estimate of drug-likeness (QED) is 0.864. The van der Waals surface area contributed by atoms with Crippen LogP contribution in [0, 0.1) is 0 Å². The van der Waals surface area contributed by atoms with Gasteiger partial charge in [-0.05, 0) is 24.6 Å². The number of thiazole rings is 1. The molecule has 0 saturated carbocycles. The topological polar surface area (TPSA) is 34.1 Å². The number of nitrogens with zero attached hydrogens (tertiary/aromatic N) is 1. The van der Waals surface area contributed by atoms with E-state index in [0.717, 1.165) is 33.2 Å². The summed E-state index contributed by atoms with van der Waals surface area (Å²) < 4.78 is 6.32. The smallest absolute Gasteiger partial charge is 0.184 e. The first kappa shape index (κ1) is 13.6. The Bertz CT molecular complexity index is 509. The number of nitrogens with one attached hydrogen (secondary N) is 1. The summed E-state index contributed by atoms with van der Waals surface area (Å²) in [5.74, 6) is 0. The molecule has 1 N–H and O–H groups in total. The highest BCUT2D eigenvalue weighted by Gasteiger charge is 2.10. The van der Waals surface area contributed by atoms with Crippen molar-refractivity contribution in [1.29, 1.82) is 0 Å². The monoisotopic (exact) mass is 284 g/mol. The number of aromatic nitrogens is 1. The van der Waals surface area contributed by atoms with Crippen molar-refractivity contribution in [2.45, 2.75) is 25.8 Å². The number of methoxy groups -OCH3 is 1. The van der Waals surface area contributed by atoms with Crippen molar-refractivity contribution in [1.82, 2.24) is 4.98 Å². The van der Waals surface area contributed by atoms with Crippen molar-refractivity contribution >= 4 is 38.3 Å². The van der Waals surface area contributed by atoms with Crippen LogP contribution in [-0.4, -0.2) is 24.7 Å². The Morgan fingerprint density at radius 2 is 2.33 bits per heavy atom. The fourth-order valence-corrected chi connectivity index (χ4v) is 3.10. The molecule has 0 saturated heterocycles. The van der Waals surface area contributed by atoms with Crippen molar-refractivity contribution in [3.63, 3.8) is 0 Å². The SMILES string of the molecule is CCCC(COC)Nc1nc2ccc(Cl)cc2s1. The minimum absolute atomic E-state index is 0.316. The van der Waals surface area contributed by atoms with E-state index in [4.69, 9.17) is 16.3 Å². The second-order valence-corrected chi connectivity index (χ2v) is 5.68. The number of fused-ring (bicyclic) bond motifs is 1. The molecule has 1 aromatic carbocycles. The Balaban J connectivity index is 2.14. The van der Waals surface area contributed by atoms with E-state index in [1.165, 1.54) is 0 Å². The van der Waals surface area contributed by atoms with Gasteiger partial charge in [0.15, 0.2) is 5.13 Å². The van der Waals surface area contributed by atoms with Crippen LogP contribution in [0.25, 0.3) is 10.2 Å². The van der Waals surface area contributed by atoms with E-state index in [1.54, 1.807) is 18.4 Å². The van der Waals surface area contributed by atoms with Gasteiger partial charge in [-0.1, -0.05) is 36.3 Å². The number of ether oxygens (including phenoxy) is 1. The predicted octanol–water partition coefficient (Wildman–Crippen LogP) is 4.18. The molecule has 5 heteroatoms. The van der Waals surface area contributed by atoms with Gasteiger partial charge in [-0.2, -0.15) is 0 Å². The van der Waals surface area contributed by atoms with Gasteiger partial charge >= 0.3 is 0 Å². The molecule has 1 atom stereocenters. The summed E-state index contributed by atoms with van der Waals surface area (Å²) in [7, 11) is 1.72. The maximum atomic E-state index is 5.97. The number of rotatable bonds is 6.